The molecule has 0 aliphatic carbocycles. The summed E-state index contributed by atoms with van der Waals surface area (Å²) in [6, 6.07) is 17.8. The Morgan fingerprint density at radius 2 is 1.81 bits per heavy atom. The monoisotopic (exact) mass is 368 g/mol. The minimum absolute atomic E-state index is 0.333. The first-order chi connectivity index (χ1) is 12.6. The van der Waals surface area contributed by atoms with Crippen LogP contribution in [0, 0.1) is 0 Å². The van der Waals surface area contributed by atoms with Gasteiger partial charge in [-0.05, 0) is 48.1 Å². The van der Waals surface area contributed by atoms with Gasteiger partial charge in [-0.3, -0.25) is 19.8 Å². The van der Waals surface area contributed by atoms with Crippen LogP contribution in [0.2, 0.25) is 0 Å². The van der Waals surface area contributed by atoms with Gasteiger partial charge < -0.3 is 4.74 Å². The highest BCUT2D eigenvalue weighted by atomic mass is 32.2. The van der Waals surface area contributed by atoms with E-state index in [-0.39, 0.29) is 11.1 Å². The molecule has 0 spiro atoms. The van der Waals surface area contributed by atoms with Gasteiger partial charge in [0, 0.05) is 13.1 Å². The number of rotatable bonds is 7. The number of nitrogens with one attached hydrogen (secondary N) is 1. The molecule has 1 saturated heterocycles. The summed E-state index contributed by atoms with van der Waals surface area (Å²) >= 11 is 0.915. The number of amides is 2. The summed E-state index contributed by atoms with van der Waals surface area (Å²) in [4.78, 5) is 25.3. The van der Waals surface area contributed by atoms with Gasteiger partial charge in [-0.1, -0.05) is 42.5 Å². The minimum atomic E-state index is -0.346. The van der Waals surface area contributed by atoms with E-state index in [1.165, 1.54) is 5.56 Å². The van der Waals surface area contributed by atoms with Gasteiger partial charge >= 0.3 is 0 Å². The van der Waals surface area contributed by atoms with Crippen LogP contribution in [-0.4, -0.2) is 36.2 Å². The fourth-order valence-corrected chi connectivity index (χ4v) is 3.21. The van der Waals surface area contributed by atoms with Gasteiger partial charge in [0.15, 0.2) is 0 Å². The van der Waals surface area contributed by atoms with E-state index < -0.39 is 0 Å². The van der Waals surface area contributed by atoms with Crippen molar-refractivity contribution < 1.29 is 14.3 Å². The van der Waals surface area contributed by atoms with Crippen molar-refractivity contribution in [3.8, 4) is 5.75 Å². The molecule has 0 unspecified atom stereocenters. The molecule has 2 aromatic carbocycles. The minimum Gasteiger partial charge on any atom is -0.492 e. The number of ether oxygens (including phenoxy) is 1. The standard InChI is InChI=1S/C20H20N2O3S/c1-22(14-16-5-3-2-4-6-16)11-12-25-17-9-7-15(8-10-17)13-18-19(23)21-20(24)26-18/h2-10,13H,11-12,14H2,1H3,(H,21,23,24)/b18-13-. The van der Waals surface area contributed by atoms with Crippen molar-refractivity contribution in [2.45, 2.75) is 6.54 Å². The largest absolute Gasteiger partial charge is 0.492 e. The lowest BCUT2D eigenvalue weighted by atomic mass is 10.2. The van der Waals surface area contributed by atoms with Crippen molar-refractivity contribution >= 4 is 29.0 Å². The highest BCUT2D eigenvalue weighted by Gasteiger charge is 2.24. The topological polar surface area (TPSA) is 58.6 Å². The summed E-state index contributed by atoms with van der Waals surface area (Å²) in [7, 11) is 2.07. The predicted octanol–water partition coefficient (Wildman–Crippen LogP) is 3.52. The second-order valence-electron chi connectivity index (χ2n) is 5.99. The number of hydrogen-bond acceptors (Lipinski definition) is 5. The maximum absolute atomic E-state index is 11.5. The Balaban J connectivity index is 1.46. The molecule has 1 N–H and O–H groups in total. The van der Waals surface area contributed by atoms with Gasteiger partial charge in [-0.2, -0.15) is 0 Å². The van der Waals surface area contributed by atoms with E-state index in [2.05, 4.69) is 29.4 Å². The van der Waals surface area contributed by atoms with E-state index in [9.17, 15) is 9.59 Å². The summed E-state index contributed by atoms with van der Waals surface area (Å²) in [6.07, 6.45) is 1.70. The molecular formula is C20H20N2O3S. The van der Waals surface area contributed by atoms with Crippen molar-refractivity contribution in [1.29, 1.82) is 0 Å². The van der Waals surface area contributed by atoms with E-state index in [0.29, 0.717) is 11.5 Å². The number of benzene rings is 2. The summed E-state index contributed by atoms with van der Waals surface area (Å²) in [6.45, 7) is 2.30. The Bertz CT molecular complexity index is 804. The lowest BCUT2D eigenvalue weighted by molar-refractivity contribution is -0.115. The second kappa shape index (κ2) is 8.69. The van der Waals surface area contributed by atoms with Crippen molar-refractivity contribution in [2.75, 3.05) is 20.2 Å². The molecule has 1 heterocycles. The zero-order valence-corrected chi connectivity index (χ0v) is 15.3. The molecule has 2 amide bonds. The Labute approximate surface area is 157 Å². The first kappa shape index (κ1) is 18.2. The summed E-state index contributed by atoms with van der Waals surface area (Å²) in [5, 5.41) is 1.91. The predicted molar refractivity (Wildman–Crippen MR) is 104 cm³/mol. The molecule has 1 aliphatic heterocycles. The number of imide groups is 1. The van der Waals surface area contributed by atoms with Crippen LogP contribution in [0.15, 0.2) is 59.5 Å². The Morgan fingerprint density at radius 3 is 2.46 bits per heavy atom. The van der Waals surface area contributed by atoms with Crippen molar-refractivity contribution in [1.82, 2.24) is 10.2 Å². The third-order valence-electron chi connectivity index (χ3n) is 3.86. The van der Waals surface area contributed by atoms with Crippen molar-refractivity contribution in [3.63, 3.8) is 0 Å². The molecule has 0 atom stereocenters. The first-order valence-corrected chi connectivity index (χ1v) is 9.12. The van der Waals surface area contributed by atoms with Gasteiger partial charge in [0.1, 0.15) is 12.4 Å². The molecule has 3 rings (SSSR count). The smallest absolute Gasteiger partial charge is 0.290 e. The van der Waals surface area contributed by atoms with E-state index >= 15 is 0 Å². The maximum atomic E-state index is 11.5. The van der Waals surface area contributed by atoms with E-state index in [1.54, 1.807) is 6.08 Å². The lowest BCUT2D eigenvalue weighted by Crippen LogP contribution is -2.23. The molecule has 6 heteroatoms. The SMILES string of the molecule is CN(CCOc1ccc(/C=C2\SC(=O)NC2=O)cc1)Cc1ccccc1. The summed E-state index contributed by atoms with van der Waals surface area (Å²) in [5.41, 5.74) is 2.13. The van der Waals surface area contributed by atoms with Gasteiger partial charge in [-0.25, -0.2) is 0 Å². The quantitative estimate of drug-likeness (QED) is 0.758. The van der Waals surface area contributed by atoms with Crippen LogP contribution in [0.4, 0.5) is 4.79 Å². The lowest BCUT2D eigenvalue weighted by Gasteiger charge is -2.17. The Hall–Kier alpha value is -2.57. The first-order valence-electron chi connectivity index (χ1n) is 8.30. The molecule has 1 aliphatic rings. The summed E-state index contributed by atoms with van der Waals surface area (Å²) < 4.78 is 5.78. The fraction of sp³-hybridized carbons (Fsp3) is 0.200. The van der Waals surface area contributed by atoms with Crippen molar-refractivity contribution in [3.05, 3.63) is 70.6 Å². The molecule has 134 valence electrons. The number of nitrogens with zero attached hydrogens (tertiary/aromatic N) is 1. The zero-order chi connectivity index (χ0) is 18.4. The van der Waals surface area contributed by atoms with Crippen LogP contribution >= 0.6 is 11.8 Å². The number of thioether (sulfide) groups is 1. The number of likely N-dealkylation sites (N-methyl/N-ethyl adjacent to an activating group) is 1. The molecule has 2 aromatic rings. The van der Waals surface area contributed by atoms with Crippen LogP contribution in [0.5, 0.6) is 5.75 Å². The summed E-state index contributed by atoms with van der Waals surface area (Å²) in [5.74, 6) is 0.432. The van der Waals surface area contributed by atoms with Crippen LogP contribution in [0.1, 0.15) is 11.1 Å². The highest BCUT2D eigenvalue weighted by molar-refractivity contribution is 8.18. The molecule has 5 nitrogen and oxygen atoms in total. The zero-order valence-electron chi connectivity index (χ0n) is 14.5. The molecule has 0 radical (unpaired) electrons. The third kappa shape index (κ3) is 5.21. The molecule has 0 saturated carbocycles. The van der Waals surface area contributed by atoms with Crippen LogP contribution in [0.3, 0.4) is 0 Å². The van der Waals surface area contributed by atoms with E-state index in [4.69, 9.17) is 4.74 Å². The van der Waals surface area contributed by atoms with Gasteiger partial charge in [0.05, 0.1) is 4.91 Å². The highest BCUT2D eigenvalue weighted by Crippen LogP contribution is 2.26. The van der Waals surface area contributed by atoms with Gasteiger partial charge in [0.25, 0.3) is 11.1 Å². The molecule has 1 fully saturated rings. The van der Waals surface area contributed by atoms with Crippen LogP contribution in [-0.2, 0) is 11.3 Å². The Morgan fingerprint density at radius 1 is 1.08 bits per heavy atom. The fourth-order valence-electron chi connectivity index (χ4n) is 2.53. The van der Waals surface area contributed by atoms with E-state index in [0.717, 1.165) is 36.2 Å². The second-order valence-corrected chi connectivity index (χ2v) is 7.01. The van der Waals surface area contributed by atoms with E-state index in [1.807, 2.05) is 42.5 Å². The molecule has 26 heavy (non-hydrogen) atoms. The molecule has 0 bridgehead atoms. The normalized spacial score (nSPS) is 15.5. The molecule has 0 aromatic heterocycles. The average Bonchev–Trinajstić information content (AvgIpc) is 2.94. The number of carbonyl (C=O) groups excluding carboxylic acids is 2. The van der Waals surface area contributed by atoms with Gasteiger partial charge in [0.2, 0.25) is 0 Å². The average molecular weight is 368 g/mol. The van der Waals surface area contributed by atoms with Gasteiger partial charge in [-0.15, -0.1) is 0 Å². The van der Waals surface area contributed by atoms with Crippen molar-refractivity contribution in [2.24, 2.45) is 0 Å². The van der Waals surface area contributed by atoms with Crippen LogP contribution < -0.4 is 10.1 Å². The number of carbonyl (C=O) groups is 2. The maximum Gasteiger partial charge on any atom is 0.290 e. The molecular weight excluding hydrogens is 348 g/mol. The number of hydrogen-bond donors (Lipinski definition) is 1. The third-order valence-corrected chi connectivity index (χ3v) is 4.67. The Kier molecular flexibility index (Phi) is 6.09. The van der Waals surface area contributed by atoms with Crippen LogP contribution in [0.25, 0.3) is 6.08 Å².